The van der Waals surface area contributed by atoms with Crippen LogP contribution in [0.3, 0.4) is 0 Å². The van der Waals surface area contributed by atoms with Crippen LogP contribution in [0.15, 0.2) is 70.0 Å². The van der Waals surface area contributed by atoms with Crippen molar-refractivity contribution in [1.82, 2.24) is 0 Å². The van der Waals surface area contributed by atoms with Crippen LogP contribution < -0.4 is 10.4 Å². The Kier molecular flexibility index (Phi) is 2.06. The van der Waals surface area contributed by atoms with Gasteiger partial charge in [0.15, 0.2) is 0 Å². The average Bonchev–Trinajstić information content (AvgIpc) is 2.31. The summed E-state index contributed by atoms with van der Waals surface area (Å²) in [6, 6.07) is 23.3. The molecule has 0 atom stereocenters. The molecule has 0 saturated heterocycles. The van der Waals surface area contributed by atoms with Crippen LogP contribution in [0.1, 0.15) is 0 Å². The molecule has 0 spiro atoms. The number of rotatable bonds is 2. The maximum Gasteiger partial charge on any atom is 0.389 e. The van der Waals surface area contributed by atoms with Gasteiger partial charge in [-0.1, -0.05) is 60.7 Å². The zero-order valence-corrected chi connectivity index (χ0v) is 9.67. The molecule has 0 radical (unpaired) electrons. The minimum Gasteiger partial charge on any atom is -0.228 e. The van der Waals surface area contributed by atoms with E-state index in [1.54, 1.807) is 0 Å². The summed E-state index contributed by atoms with van der Waals surface area (Å²) < 4.78 is 8.93. The molecule has 0 fully saturated rings. The predicted octanol–water partition coefficient (Wildman–Crippen LogP) is 1.43. The lowest BCUT2D eigenvalue weighted by Crippen LogP contribution is -2.58. The number of hydrogen-bond acceptors (Lipinski definition) is 2. The van der Waals surface area contributed by atoms with Gasteiger partial charge >= 0.3 is 8.40 Å². The summed E-state index contributed by atoms with van der Waals surface area (Å²) in [4.78, 5) is 0. The van der Waals surface area contributed by atoms with Crippen molar-refractivity contribution in [2.24, 2.45) is 9.32 Å². The molecule has 2 nitrogen and oxygen atoms in total. The average molecular weight is 222 g/mol. The van der Waals surface area contributed by atoms with Gasteiger partial charge in [-0.2, -0.15) is 0 Å². The Labute approximate surface area is 95.2 Å². The molecule has 2 aromatic carbocycles. The van der Waals surface area contributed by atoms with E-state index in [0.717, 1.165) is 0 Å². The largest absolute Gasteiger partial charge is 0.389 e. The van der Waals surface area contributed by atoms with Gasteiger partial charge in [0, 0.05) is 0 Å². The maximum atomic E-state index is 4.46. The molecule has 1 aliphatic heterocycles. The third-order valence-electron chi connectivity index (χ3n) is 2.78. The molecule has 0 bridgehead atoms. The van der Waals surface area contributed by atoms with E-state index in [9.17, 15) is 0 Å². The molecular formula is C13H10N2Si. The molecular weight excluding hydrogens is 212 g/mol. The summed E-state index contributed by atoms with van der Waals surface area (Å²) in [5.74, 6) is 0. The molecule has 76 valence electrons. The molecule has 16 heavy (non-hydrogen) atoms. The summed E-state index contributed by atoms with van der Waals surface area (Å²) in [6.07, 6.45) is 0. The topological polar surface area (TPSA) is 24.7 Å². The van der Waals surface area contributed by atoms with E-state index < -0.39 is 8.40 Å². The van der Waals surface area contributed by atoms with Gasteiger partial charge in [0.1, 0.15) is 0 Å². The second-order valence-corrected chi connectivity index (χ2v) is 6.67. The highest BCUT2D eigenvalue weighted by atomic mass is 28.3. The Morgan fingerprint density at radius 3 is 1.44 bits per heavy atom. The Morgan fingerprint density at radius 1 is 0.688 bits per heavy atom. The normalized spacial score (nSPS) is 15.8. The minimum absolute atomic E-state index is 1.22. The van der Waals surface area contributed by atoms with Crippen LogP contribution >= 0.6 is 0 Å². The highest BCUT2D eigenvalue weighted by Crippen LogP contribution is 2.12. The third-order valence-corrected chi connectivity index (χ3v) is 5.90. The van der Waals surface area contributed by atoms with Gasteiger partial charge in [-0.05, 0) is 10.4 Å². The molecule has 0 unspecified atom stereocenters. The summed E-state index contributed by atoms with van der Waals surface area (Å²) in [7, 11) is -2.16. The quantitative estimate of drug-likeness (QED) is 0.687. The number of benzene rings is 2. The highest BCUT2D eigenvalue weighted by molar-refractivity contribution is 7.02. The first-order chi connectivity index (χ1) is 7.92. The lowest BCUT2D eigenvalue weighted by atomic mass is 10.4. The maximum absolute atomic E-state index is 4.46. The predicted molar refractivity (Wildman–Crippen MR) is 67.8 cm³/mol. The molecule has 2 aromatic rings. The minimum atomic E-state index is -2.16. The van der Waals surface area contributed by atoms with Crippen LogP contribution in [-0.2, 0) is 0 Å². The Balaban J connectivity index is 2.13. The van der Waals surface area contributed by atoms with E-state index in [1.807, 2.05) is 36.4 Å². The first-order valence-corrected chi connectivity index (χ1v) is 7.11. The Morgan fingerprint density at radius 2 is 1.12 bits per heavy atom. The van der Waals surface area contributed by atoms with Crippen molar-refractivity contribution >= 4 is 24.8 Å². The lowest BCUT2D eigenvalue weighted by Gasteiger charge is -2.24. The van der Waals surface area contributed by atoms with Crippen molar-refractivity contribution in [2.75, 3.05) is 0 Å². The number of nitrogens with zero attached hydrogens (tertiary/aromatic N) is 2. The van der Waals surface area contributed by atoms with Crippen molar-refractivity contribution < 1.29 is 0 Å². The monoisotopic (exact) mass is 222 g/mol. The van der Waals surface area contributed by atoms with E-state index in [0.29, 0.717) is 0 Å². The second kappa shape index (κ2) is 3.56. The van der Waals surface area contributed by atoms with E-state index in [-0.39, 0.29) is 0 Å². The van der Waals surface area contributed by atoms with E-state index >= 15 is 0 Å². The summed E-state index contributed by atoms with van der Waals surface area (Å²) in [5.41, 5.74) is 0. The van der Waals surface area contributed by atoms with Gasteiger partial charge in [0.25, 0.3) is 0 Å². The van der Waals surface area contributed by atoms with Crippen LogP contribution in [0.4, 0.5) is 0 Å². The zero-order chi connectivity index (χ0) is 10.8. The van der Waals surface area contributed by atoms with Crippen molar-refractivity contribution in [2.45, 2.75) is 0 Å². The molecule has 0 amide bonds. The van der Waals surface area contributed by atoms with Crippen molar-refractivity contribution in [3.63, 3.8) is 0 Å². The summed E-state index contributed by atoms with van der Waals surface area (Å²) in [5, 5.41) is 2.44. The summed E-state index contributed by atoms with van der Waals surface area (Å²) in [6.45, 7) is 0. The van der Waals surface area contributed by atoms with Gasteiger partial charge in [-0.25, -0.2) is 9.32 Å². The Hall–Kier alpha value is -1.96. The standard InChI is InChI=1S/C13H10N2Si/c1-3-7-12(8-4-1)16(14-11-15-16)13-9-5-2-6-10-13/h1-10H. The number of hydrogen-bond donors (Lipinski definition) is 0. The van der Waals surface area contributed by atoms with Gasteiger partial charge in [0.05, 0.1) is 6.01 Å². The van der Waals surface area contributed by atoms with Gasteiger partial charge in [-0.3, -0.25) is 0 Å². The van der Waals surface area contributed by atoms with Crippen molar-refractivity contribution in [3.8, 4) is 0 Å². The summed E-state index contributed by atoms with van der Waals surface area (Å²) >= 11 is 0. The molecule has 1 heterocycles. The molecule has 0 aromatic heterocycles. The first kappa shape index (κ1) is 9.28. The molecule has 1 aliphatic rings. The fraction of sp³-hybridized carbons (Fsp3) is 0. The SMILES string of the molecule is C1=N[Si](c2ccccc2)(c2ccccc2)N=1. The second-order valence-electron chi connectivity index (χ2n) is 3.73. The van der Waals surface area contributed by atoms with Gasteiger partial charge in [-0.15, -0.1) is 0 Å². The van der Waals surface area contributed by atoms with E-state index in [2.05, 4.69) is 39.6 Å². The Bertz CT molecular complexity index is 508. The van der Waals surface area contributed by atoms with E-state index in [1.165, 1.54) is 10.4 Å². The molecule has 0 N–H and O–H groups in total. The van der Waals surface area contributed by atoms with E-state index in [4.69, 9.17) is 0 Å². The fourth-order valence-electron chi connectivity index (χ4n) is 1.92. The molecule has 3 heteroatoms. The van der Waals surface area contributed by atoms with Gasteiger partial charge in [0.2, 0.25) is 0 Å². The fourth-order valence-corrected chi connectivity index (χ4v) is 4.38. The molecule has 3 rings (SSSR count). The van der Waals surface area contributed by atoms with Crippen molar-refractivity contribution in [1.29, 1.82) is 0 Å². The van der Waals surface area contributed by atoms with Crippen LogP contribution in [0, 0.1) is 0 Å². The lowest BCUT2D eigenvalue weighted by molar-refractivity contribution is 1.48. The molecule has 0 saturated carbocycles. The smallest absolute Gasteiger partial charge is 0.228 e. The zero-order valence-electron chi connectivity index (χ0n) is 8.67. The van der Waals surface area contributed by atoms with Crippen LogP contribution in [0.25, 0.3) is 0 Å². The first-order valence-electron chi connectivity index (χ1n) is 5.22. The van der Waals surface area contributed by atoms with Crippen LogP contribution in [-0.4, -0.2) is 14.4 Å². The van der Waals surface area contributed by atoms with Crippen LogP contribution in [0.5, 0.6) is 0 Å². The molecule has 0 aliphatic carbocycles. The highest BCUT2D eigenvalue weighted by Gasteiger charge is 2.42. The third kappa shape index (κ3) is 1.27. The van der Waals surface area contributed by atoms with Crippen molar-refractivity contribution in [3.05, 3.63) is 60.7 Å². The van der Waals surface area contributed by atoms with Gasteiger partial charge < -0.3 is 0 Å². The van der Waals surface area contributed by atoms with Crippen LogP contribution in [0.2, 0.25) is 0 Å².